The van der Waals surface area contributed by atoms with Crippen LogP contribution in [-0.2, 0) is 0 Å². The molecule has 0 fully saturated rings. The number of nitrogens with zero attached hydrogens (tertiary/aromatic N) is 2. The molecule has 1 atom stereocenters. The minimum Gasteiger partial charge on any atom is -0.456 e. The van der Waals surface area contributed by atoms with Gasteiger partial charge in [-0.2, -0.15) is 0 Å². The van der Waals surface area contributed by atoms with E-state index in [1.807, 2.05) is 24.3 Å². The van der Waals surface area contributed by atoms with E-state index >= 15 is 0 Å². The number of aliphatic imine (C=N–C) groups is 1. The normalized spacial score (nSPS) is 14.5. The predicted octanol–water partition coefficient (Wildman–Crippen LogP) is 11.9. The first-order valence-corrected chi connectivity index (χ1v) is 17.7. The molecule has 0 aliphatic carbocycles. The van der Waals surface area contributed by atoms with Crippen LogP contribution in [0.2, 0.25) is 0 Å². The van der Waals surface area contributed by atoms with Gasteiger partial charge in [-0.1, -0.05) is 140 Å². The number of hydrogen-bond acceptors (Lipinski definition) is 3. The van der Waals surface area contributed by atoms with Crippen molar-refractivity contribution >= 4 is 22.4 Å². The number of hydrogen-bond donors (Lipinski definition) is 1. The average molecular weight is 668 g/mol. The van der Waals surface area contributed by atoms with Crippen molar-refractivity contribution in [2.75, 3.05) is 0 Å². The zero-order chi connectivity index (χ0) is 34.4. The Labute approximate surface area is 302 Å². The third-order valence-electron chi connectivity index (χ3n) is 10.0. The first kappa shape index (κ1) is 30.0. The summed E-state index contributed by atoms with van der Waals surface area (Å²) < 4.78 is 9.09. The van der Waals surface area contributed by atoms with E-state index in [0.29, 0.717) is 0 Å². The van der Waals surface area contributed by atoms with Crippen LogP contribution in [0.25, 0.3) is 55.8 Å². The molecule has 1 aromatic heterocycles. The molecular weight excluding hydrogens is 635 g/mol. The molecule has 2 aliphatic heterocycles. The van der Waals surface area contributed by atoms with Gasteiger partial charge in [-0.3, -0.25) is 0 Å². The summed E-state index contributed by atoms with van der Waals surface area (Å²) in [7, 11) is 0. The average Bonchev–Trinajstić information content (AvgIpc) is 3.49. The zero-order valence-corrected chi connectivity index (χ0v) is 28.3. The first-order valence-electron chi connectivity index (χ1n) is 17.7. The maximum atomic E-state index is 6.66. The Balaban J connectivity index is 1.25. The Morgan fingerprint density at radius 1 is 0.519 bits per heavy atom. The lowest BCUT2D eigenvalue weighted by atomic mass is 9.95. The van der Waals surface area contributed by atoms with Gasteiger partial charge in [0.25, 0.3) is 0 Å². The largest absolute Gasteiger partial charge is 0.456 e. The maximum Gasteiger partial charge on any atom is 0.136 e. The van der Waals surface area contributed by atoms with Gasteiger partial charge >= 0.3 is 0 Å². The molecule has 0 saturated carbocycles. The standard InChI is InChI=1S/C48H33N3O/c1-4-16-32(17-5-1)35-28-36(42-31-41(33-18-6-2-7-19-33)49-48(50-42)34-20-8-3-9-21-34)30-37(29-35)51-43-25-13-10-22-38(43)46-39-23-11-14-26-44(39)52-45-27-15-12-24-40(45)47(46)51/h1-31,42H,(H,49,50). The van der Waals surface area contributed by atoms with Crippen LogP contribution < -0.4 is 10.1 Å². The van der Waals surface area contributed by atoms with Crippen LogP contribution in [0.5, 0.6) is 11.5 Å². The molecular formula is C48H33N3O. The van der Waals surface area contributed by atoms with E-state index in [9.17, 15) is 0 Å². The second kappa shape index (κ2) is 12.4. The third-order valence-corrected chi connectivity index (χ3v) is 10.0. The maximum absolute atomic E-state index is 6.66. The van der Waals surface area contributed by atoms with Gasteiger partial charge in [0.05, 0.1) is 22.9 Å². The smallest absolute Gasteiger partial charge is 0.136 e. The molecule has 0 amide bonds. The lowest BCUT2D eigenvalue weighted by Gasteiger charge is -2.26. The number of para-hydroxylation sites is 3. The fourth-order valence-corrected chi connectivity index (χ4v) is 7.64. The highest BCUT2D eigenvalue weighted by Gasteiger charge is 2.29. The topological polar surface area (TPSA) is 38.5 Å². The zero-order valence-electron chi connectivity index (χ0n) is 28.3. The van der Waals surface area contributed by atoms with E-state index in [2.05, 4.69) is 174 Å². The van der Waals surface area contributed by atoms with Crippen molar-refractivity contribution in [2.24, 2.45) is 4.99 Å². The summed E-state index contributed by atoms with van der Waals surface area (Å²) in [6.45, 7) is 0. The number of amidine groups is 1. The van der Waals surface area contributed by atoms with Gasteiger partial charge < -0.3 is 14.6 Å². The van der Waals surface area contributed by atoms with Crippen molar-refractivity contribution in [2.45, 2.75) is 6.04 Å². The van der Waals surface area contributed by atoms with Gasteiger partial charge in [0.15, 0.2) is 0 Å². The van der Waals surface area contributed by atoms with Crippen LogP contribution in [0.4, 0.5) is 0 Å². The molecule has 0 spiro atoms. The predicted molar refractivity (Wildman–Crippen MR) is 213 cm³/mol. The van der Waals surface area contributed by atoms with E-state index in [-0.39, 0.29) is 6.04 Å². The second-order valence-electron chi connectivity index (χ2n) is 13.2. The molecule has 1 unspecified atom stereocenters. The summed E-state index contributed by atoms with van der Waals surface area (Å²) in [5.41, 5.74) is 13.1. The van der Waals surface area contributed by atoms with Gasteiger partial charge in [0, 0.05) is 33.3 Å². The second-order valence-corrected chi connectivity index (χ2v) is 13.2. The lowest BCUT2D eigenvalue weighted by molar-refractivity contribution is 0.487. The number of nitrogens with one attached hydrogen (secondary N) is 1. The molecule has 10 rings (SSSR count). The highest BCUT2D eigenvalue weighted by molar-refractivity contribution is 6.08. The van der Waals surface area contributed by atoms with E-state index in [1.165, 1.54) is 10.9 Å². The van der Waals surface area contributed by atoms with Gasteiger partial charge in [-0.15, -0.1) is 0 Å². The van der Waals surface area contributed by atoms with Crippen molar-refractivity contribution < 1.29 is 4.74 Å². The number of benzene rings is 7. The Morgan fingerprint density at radius 3 is 1.87 bits per heavy atom. The summed E-state index contributed by atoms with van der Waals surface area (Å²) in [5.74, 6) is 2.54. The SMILES string of the molecule is C1=C(c2ccccc2)N=C(c2ccccc2)NC1c1cc(-c2ccccc2)cc(-n2c3c(c4ccccc42)-c2ccccc2Oc2ccccc2-3)c1. The van der Waals surface area contributed by atoms with E-state index in [4.69, 9.17) is 9.73 Å². The van der Waals surface area contributed by atoms with Crippen LogP contribution in [0.1, 0.15) is 22.7 Å². The number of ether oxygens (including phenoxy) is 1. The van der Waals surface area contributed by atoms with Crippen molar-refractivity contribution in [1.29, 1.82) is 0 Å². The molecule has 4 heteroatoms. The fraction of sp³-hybridized carbons (Fsp3) is 0.0208. The van der Waals surface area contributed by atoms with Crippen LogP contribution in [0, 0.1) is 0 Å². The van der Waals surface area contributed by atoms with E-state index in [1.54, 1.807) is 0 Å². The Kier molecular flexibility index (Phi) is 7.17. The molecule has 1 N–H and O–H groups in total. The van der Waals surface area contributed by atoms with Crippen molar-refractivity contribution in [1.82, 2.24) is 9.88 Å². The number of rotatable bonds is 5. The molecule has 246 valence electrons. The lowest BCUT2D eigenvalue weighted by Crippen LogP contribution is -2.31. The molecule has 52 heavy (non-hydrogen) atoms. The minimum absolute atomic E-state index is 0.151. The van der Waals surface area contributed by atoms with E-state index in [0.717, 1.165) is 78.9 Å². The summed E-state index contributed by atoms with van der Waals surface area (Å²) in [6, 6.07) is 63.8. The van der Waals surface area contributed by atoms with Crippen molar-refractivity contribution in [3.8, 4) is 50.7 Å². The monoisotopic (exact) mass is 667 g/mol. The molecule has 0 saturated heterocycles. The van der Waals surface area contributed by atoms with Gasteiger partial charge in [-0.25, -0.2) is 4.99 Å². The van der Waals surface area contributed by atoms with Crippen LogP contribution in [-0.4, -0.2) is 10.4 Å². The molecule has 2 aliphatic rings. The Morgan fingerprint density at radius 2 is 1.12 bits per heavy atom. The third kappa shape index (κ3) is 5.12. The molecule has 0 bridgehead atoms. The van der Waals surface area contributed by atoms with Crippen LogP contribution >= 0.6 is 0 Å². The van der Waals surface area contributed by atoms with Crippen LogP contribution in [0.15, 0.2) is 193 Å². The summed E-state index contributed by atoms with van der Waals surface area (Å²) >= 11 is 0. The molecule has 0 radical (unpaired) electrons. The number of aromatic nitrogens is 1. The summed E-state index contributed by atoms with van der Waals surface area (Å²) in [5, 5.41) is 5.00. The van der Waals surface area contributed by atoms with Gasteiger partial charge in [0.2, 0.25) is 0 Å². The Bertz CT molecular complexity index is 2670. The van der Waals surface area contributed by atoms with Gasteiger partial charge in [0.1, 0.15) is 17.3 Å². The highest BCUT2D eigenvalue weighted by atomic mass is 16.5. The van der Waals surface area contributed by atoms with E-state index < -0.39 is 0 Å². The summed E-state index contributed by atoms with van der Waals surface area (Å²) in [4.78, 5) is 5.15. The van der Waals surface area contributed by atoms with Gasteiger partial charge in [-0.05, 0) is 70.8 Å². The molecule has 8 aromatic rings. The first-order chi connectivity index (χ1) is 25.8. The minimum atomic E-state index is -0.151. The summed E-state index contributed by atoms with van der Waals surface area (Å²) in [6.07, 6.45) is 2.25. The number of fused-ring (bicyclic) bond motifs is 7. The highest BCUT2D eigenvalue weighted by Crippen LogP contribution is 2.51. The Hall–Kier alpha value is -6.91. The molecule has 7 aromatic carbocycles. The quantitative estimate of drug-likeness (QED) is 0.198. The molecule has 3 heterocycles. The fourth-order valence-electron chi connectivity index (χ4n) is 7.64. The van der Waals surface area contributed by atoms with Crippen molar-refractivity contribution in [3.63, 3.8) is 0 Å². The molecule has 4 nitrogen and oxygen atoms in total. The van der Waals surface area contributed by atoms with Crippen molar-refractivity contribution in [3.05, 3.63) is 205 Å². The van der Waals surface area contributed by atoms with Crippen LogP contribution in [0.3, 0.4) is 0 Å².